The van der Waals surface area contributed by atoms with Crippen LogP contribution in [0.2, 0.25) is 0 Å². The maximum absolute atomic E-state index is 12.8. The van der Waals surface area contributed by atoms with Crippen molar-refractivity contribution >= 4 is 28.4 Å². The Bertz CT molecular complexity index is 1450. The number of ether oxygens (including phenoxy) is 1. The molecule has 0 aliphatic rings. The van der Waals surface area contributed by atoms with Crippen molar-refractivity contribution in [2.24, 2.45) is 5.10 Å². The van der Waals surface area contributed by atoms with Crippen LogP contribution in [-0.2, 0) is 16.8 Å². The number of amides is 1. The standard InChI is InChI=1S/C32H32N2O4/c1-32(2,3)27-15-12-24(13-16-27)29(18-19-30(35)36)33-34-31(37)25-10-8-22(9-11-25)21-38-28-17-14-23-6-4-5-7-26(23)20-28/h4-17,20H,18-19,21H2,1-3H3,(H,34,37)(H,35,36)/b33-29+. The summed E-state index contributed by atoms with van der Waals surface area (Å²) in [5.74, 6) is -0.507. The Balaban J connectivity index is 1.40. The Morgan fingerprint density at radius 2 is 1.47 bits per heavy atom. The van der Waals surface area contributed by atoms with Gasteiger partial charge in [-0.1, -0.05) is 87.5 Å². The first-order valence-electron chi connectivity index (χ1n) is 12.6. The highest BCUT2D eigenvalue weighted by atomic mass is 16.5. The fourth-order valence-corrected chi connectivity index (χ4v) is 4.01. The number of rotatable bonds is 9. The van der Waals surface area contributed by atoms with Crippen molar-refractivity contribution < 1.29 is 19.4 Å². The van der Waals surface area contributed by atoms with E-state index in [0.717, 1.165) is 33.2 Å². The molecule has 2 N–H and O–H groups in total. The molecule has 0 atom stereocenters. The monoisotopic (exact) mass is 508 g/mol. The van der Waals surface area contributed by atoms with Crippen LogP contribution in [0.25, 0.3) is 10.8 Å². The first-order chi connectivity index (χ1) is 18.2. The molecule has 6 nitrogen and oxygen atoms in total. The number of hydrogen-bond donors (Lipinski definition) is 2. The van der Waals surface area contributed by atoms with Gasteiger partial charge >= 0.3 is 5.97 Å². The van der Waals surface area contributed by atoms with Gasteiger partial charge in [-0.05, 0) is 57.1 Å². The largest absolute Gasteiger partial charge is 0.489 e. The fraction of sp³-hybridized carbons (Fsp3) is 0.219. The summed E-state index contributed by atoms with van der Waals surface area (Å²) in [7, 11) is 0. The number of benzene rings is 4. The van der Waals surface area contributed by atoms with Crippen LogP contribution >= 0.6 is 0 Å². The summed E-state index contributed by atoms with van der Waals surface area (Å²) in [6.07, 6.45) is 0.122. The van der Waals surface area contributed by atoms with Crippen LogP contribution in [0.15, 0.2) is 96.1 Å². The van der Waals surface area contributed by atoms with Crippen molar-refractivity contribution in [2.75, 3.05) is 0 Å². The Hall–Kier alpha value is -4.45. The number of carboxylic acid groups (broad SMARTS) is 1. The molecule has 194 valence electrons. The van der Waals surface area contributed by atoms with Crippen LogP contribution in [0, 0.1) is 0 Å². The minimum absolute atomic E-state index is 0.00219. The van der Waals surface area contributed by atoms with Gasteiger partial charge in [0, 0.05) is 12.0 Å². The van der Waals surface area contributed by atoms with Gasteiger partial charge in [0.1, 0.15) is 12.4 Å². The lowest BCUT2D eigenvalue weighted by molar-refractivity contribution is -0.136. The lowest BCUT2D eigenvalue weighted by Crippen LogP contribution is -2.21. The zero-order valence-corrected chi connectivity index (χ0v) is 21.9. The van der Waals surface area contributed by atoms with Crippen LogP contribution in [0.5, 0.6) is 5.75 Å². The summed E-state index contributed by atoms with van der Waals surface area (Å²) in [6, 6.07) is 29.1. The molecule has 0 fully saturated rings. The van der Waals surface area contributed by atoms with E-state index in [1.807, 2.05) is 72.8 Å². The molecule has 0 unspecified atom stereocenters. The number of carboxylic acids is 1. The molecule has 0 bridgehead atoms. The maximum atomic E-state index is 12.8. The number of hydrogen-bond acceptors (Lipinski definition) is 4. The van der Waals surface area contributed by atoms with Gasteiger partial charge in [0.15, 0.2) is 0 Å². The van der Waals surface area contributed by atoms with Crippen molar-refractivity contribution in [1.82, 2.24) is 5.43 Å². The quantitative estimate of drug-likeness (QED) is 0.194. The minimum Gasteiger partial charge on any atom is -0.489 e. The molecular weight excluding hydrogens is 476 g/mol. The maximum Gasteiger partial charge on any atom is 0.303 e. The molecule has 0 aliphatic heterocycles. The van der Waals surface area contributed by atoms with Gasteiger partial charge in [0.25, 0.3) is 5.91 Å². The van der Waals surface area contributed by atoms with Crippen LogP contribution < -0.4 is 10.2 Å². The summed E-state index contributed by atoms with van der Waals surface area (Å²) >= 11 is 0. The molecule has 0 heterocycles. The topological polar surface area (TPSA) is 88.0 Å². The number of aliphatic carboxylic acids is 1. The molecule has 0 saturated carbocycles. The predicted octanol–water partition coefficient (Wildman–Crippen LogP) is 6.72. The normalized spacial score (nSPS) is 11.8. The van der Waals surface area contributed by atoms with Gasteiger partial charge in [-0.2, -0.15) is 5.10 Å². The molecule has 1 amide bonds. The lowest BCUT2D eigenvalue weighted by atomic mass is 9.86. The molecule has 38 heavy (non-hydrogen) atoms. The van der Waals surface area contributed by atoms with Gasteiger partial charge in [0.05, 0.1) is 12.1 Å². The number of carbonyl (C=O) groups excluding carboxylic acids is 1. The first kappa shape index (κ1) is 26.6. The van der Waals surface area contributed by atoms with Crippen molar-refractivity contribution in [2.45, 2.75) is 45.6 Å². The summed E-state index contributed by atoms with van der Waals surface area (Å²) in [4.78, 5) is 23.9. The summed E-state index contributed by atoms with van der Waals surface area (Å²) in [5.41, 5.74) is 6.41. The highest BCUT2D eigenvalue weighted by Gasteiger charge is 2.15. The second kappa shape index (κ2) is 11.7. The third-order valence-corrected chi connectivity index (χ3v) is 6.29. The predicted molar refractivity (Wildman–Crippen MR) is 151 cm³/mol. The minimum atomic E-state index is -0.920. The van der Waals surface area contributed by atoms with Crippen LogP contribution in [0.4, 0.5) is 0 Å². The van der Waals surface area contributed by atoms with Gasteiger partial charge in [0.2, 0.25) is 0 Å². The zero-order valence-electron chi connectivity index (χ0n) is 21.9. The first-order valence-corrected chi connectivity index (χ1v) is 12.6. The number of fused-ring (bicyclic) bond motifs is 1. The van der Waals surface area contributed by atoms with E-state index in [0.29, 0.717) is 17.9 Å². The average Bonchev–Trinajstić information content (AvgIpc) is 2.91. The fourth-order valence-electron chi connectivity index (χ4n) is 4.01. The van der Waals surface area contributed by atoms with Crippen LogP contribution in [-0.4, -0.2) is 22.7 Å². The number of nitrogens with zero attached hydrogens (tertiary/aromatic N) is 1. The Labute approximate surface area is 223 Å². The van der Waals surface area contributed by atoms with Crippen molar-refractivity contribution in [3.05, 3.63) is 113 Å². The van der Waals surface area contributed by atoms with Gasteiger partial charge in [-0.15, -0.1) is 0 Å². The second-order valence-corrected chi connectivity index (χ2v) is 10.2. The average molecular weight is 509 g/mol. The SMILES string of the molecule is CC(C)(C)c1ccc(/C(CCC(=O)O)=N/NC(=O)c2ccc(COc3ccc4ccccc4c3)cc2)cc1. The van der Waals surface area contributed by atoms with E-state index >= 15 is 0 Å². The summed E-state index contributed by atoms with van der Waals surface area (Å²) in [5, 5.41) is 15.7. The van der Waals surface area contributed by atoms with Gasteiger partial charge < -0.3 is 9.84 Å². The van der Waals surface area contributed by atoms with E-state index in [-0.39, 0.29) is 24.2 Å². The molecule has 0 radical (unpaired) electrons. The molecule has 4 rings (SSSR count). The van der Waals surface area contributed by atoms with E-state index in [9.17, 15) is 9.59 Å². The van der Waals surface area contributed by atoms with E-state index in [2.05, 4.69) is 37.4 Å². The van der Waals surface area contributed by atoms with Gasteiger partial charge in [-0.25, -0.2) is 5.43 Å². The molecule has 0 saturated heterocycles. The number of nitrogens with one attached hydrogen (secondary N) is 1. The highest BCUT2D eigenvalue weighted by molar-refractivity contribution is 6.03. The smallest absolute Gasteiger partial charge is 0.303 e. The second-order valence-electron chi connectivity index (χ2n) is 10.2. The third kappa shape index (κ3) is 7.07. The zero-order chi connectivity index (χ0) is 27.1. The Morgan fingerprint density at radius 3 is 2.13 bits per heavy atom. The molecule has 4 aromatic rings. The van der Waals surface area contributed by atoms with E-state index < -0.39 is 5.97 Å². The lowest BCUT2D eigenvalue weighted by Gasteiger charge is -2.19. The molecular formula is C32H32N2O4. The summed E-state index contributed by atoms with van der Waals surface area (Å²) in [6.45, 7) is 6.76. The van der Waals surface area contributed by atoms with E-state index in [4.69, 9.17) is 9.84 Å². The van der Waals surface area contributed by atoms with E-state index in [1.54, 1.807) is 12.1 Å². The Kier molecular flexibility index (Phi) is 8.22. The third-order valence-electron chi connectivity index (χ3n) is 6.29. The highest BCUT2D eigenvalue weighted by Crippen LogP contribution is 2.23. The van der Waals surface area contributed by atoms with E-state index in [1.165, 1.54) is 0 Å². The number of carbonyl (C=O) groups is 2. The molecule has 0 aromatic heterocycles. The van der Waals surface area contributed by atoms with Crippen LogP contribution in [0.1, 0.15) is 60.7 Å². The van der Waals surface area contributed by atoms with Crippen LogP contribution in [0.3, 0.4) is 0 Å². The molecule has 4 aromatic carbocycles. The van der Waals surface area contributed by atoms with Gasteiger partial charge in [-0.3, -0.25) is 9.59 Å². The molecule has 0 spiro atoms. The van der Waals surface area contributed by atoms with Crippen molar-refractivity contribution in [3.63, 3.8) is 0 Å². The van der Waals surface area contributed by atoms with Crippen molar-refractivity contribution in [1.29, 1.82) is 0 Å². The summed E-state index contributed by atoms with van der Waals surface area (Å²) < 4.78 is 5.93. The molecule has 0 aliphatic carbocycles. The molecule has 6 heteroatoms. The van der Waals surface area contributed by atoms with Crippen molar-refractivity contribution in [3.8, 4) is 5.75 Å². The number of hydrazone groups is 1. The Morgan fingerprint density at radius 1 is 0.816 bits per heavy atom.